The molecule has 0 spiro atoms. The number of alkyl halides is 3. The van der Waals surface area contributed by atoms with Gasteiger partial charge in [0.25, 0.3) is 0 Å². The van der Waals surface area contributed by atoms with E-state index >= 15 is 0 Å². The van der Waals surface area contributed by atoms with Gasteiger partial charge in [0.1, 0.15) is 5.75 Å². The van der Waals surface area contributed by atoms with E-state index in [1.54, 1.807) is 6.92 Å². The van der Waals surface area contributed by atoms with Crippen LogP contribution in [0.3, 0.4) is 0 Å². The van der Waals surface area contributed by atoms with Crippen molar-refractivity contribution in [1.82, 2.24) is 0 Å². The molecule has 0 bridgehead atoms. The molecule has 0 N–H and O–H groups in total. The molecule has 1 atom stereocenters. The fraction of sp³-hybridized carbons (Fsp3) is 0.375. The van der Waals surface area contributed by atoms with Crippen molar-refractivity contribution in [2.24, 2.45) is 0 Å². The molecule has 0 saturated heterocycles. The van der Waals surface area contributed by atoms with Crippen LogP contribution in [0.15, 0.2) is 54.6 Å². The minimum absolute atomic E-state index is 0.469. The van der Waals surface area contributed by atoms with E-state index in [-0.39, 0.29) is 0 Å². The van der Waals surface area contributed by atoms with Gasteiger partial charge in [-0.05, 0) is 60.2 Å². The summed E-state index contributed by atoms with van der Waals surface area (Å²) in [5.74, 6) is -1.28. The summed E-state index contributed by atoms with van der Waals surface area (Å²) in [4.78, 5) is 13.5. The normalized spacial score (nSPS) is 15.5. The van der Waals surface area contributed by atoms with Gasteiger partial charge in [-0.2, -0.15) is 13.2 Å². The standard InChI is InChI=1S/C24H26F3NO2/c1-3-30-22-10-8-21(9-11-22)28-14-12-20(13-15-28)19-6-4-18(5-7-19)17(2)16-23(29)24(25,26)27/h4-12,17H,3,13-16H2,1-2H3/t17-/m1/s1. The van der Waals surface area contributed by atoms with Crippen molar-refractivity contribution >= 4 is 17.0 Å². The topological polar surface area (TPSA) is 29.5 Å². The van der Waals surface area contributed by atoms with Crippen molar-refractivity contribution in [3.63, 3.8) is 0 Å². The Morgan fingerprint density at radius 2 is 1.77 bits per heavy atom. The number of carbonyl (C=O) groups is 1. The zero-order valence-corrected chi connectivity index (χ0v) is 17.2. The molecule has 0 radical (unpaired) electrons. The summed E-state index contributed by atoms with van der Waals surface area (Å²) < 4.78 is 42.9. The van der Waals surface area contributed by atoms with Crippen LogP contribution in [-0.2, 0) is 4.79 Å². The van der Waals surface area contributed by atoms with Gasteiger partial charge in [0.05, 0.1) is 6.61 Å². The number of nitrogens with zero attached hydrogens (tertiary/aromatic N) is 1. The quantitative estimate of drug-likeness (QED) is 0.553. The molecule has 0 amide bonds. The number of ether oxygens (including phenoxy) is 1. The summed E-state index contributed by atoms with van der Waals surface area (Å²) in [6.07, 6.45) is -2.22. The highest BCUT2D eigenvalue weighted by Crippen LogP contribution is 2.30. The summed E-state index contributed by atoms with van der Waals surface area (Å²) in [6.45, 7) is 5.93. The van der Waals surface area contributed by atoms with Crippen LogP contribution in [0.2, 0.25) is 0 Å². The lowest BCUT2D eigenvalue weighted by Gasteiger charge is -2.29. The molecular weight excluding hydrogens is 391 g/mol. The van der Waals surface area contributed by atoms with E-state index in [1.807, 2.05) is 43.3 Å². The lowest BCUT2D eigenvalue weighted by Crippen LogP contribution is -2.28. The minimum atomic E-state index is -4.77. The van der Waals surface area contributed by atoms with E-state index in [9.17, 15) is 18.0 Å². The van der Waals surface area contributed by atoms with Crippen LogP contribution in [0.4, 0.5) is 18.9 Å². The summed E-state index contributed by atoms with van der Waals surface area (Å²) in [7, 11) is 0. The van der Waals surface area contributed by atoms with Gasteiger partial charge < -0.3 is 9.64 Å². The summed E-state index contributed by atoms with van der Waals surface area (Å²) in [5.41, 5.74) is 4.18. The molecule has 0 unspecified atom stereocenters. The lowest BCUT2D eigenvalue weighted by molar-refractivity contribution is -0.171. The molecule has 0 fully saturated rings. The Labute approximate surface area is 175 Å². The third-order valence-electron chi connectivity index (χ3n) is 5.38. The van der Waals surface area contributed by atoms with Crippen LogP contribution >= 0.6 is 0 Å². The molecule has 2 aromatic rings. The second kappa shape index (κ2) is 9.37. The van der Waals surface area contributed by atoms with Crippen molar-refractivity contribution in [1.29, 1.82) is 0 Å². The third-order valence-corrected chi connectivity index (χ3v) is 5.38. The molecule has 0 aromatic heterocycles. The predicted octanol–water partition coefficient (Wildman–Crippen LogP) is 6.00. The number of halogens is 3. The Morgan fingerprint density at radius 3 is 2.30 bits per heavy atom. The van der Waals surface area contributed by atoms with Crippen LogP contribution in [0.25, 0.3) is 5.57 Å². The van der Waals surface area contributed by atoms with Gasteiger partial charge in [0.15, 0.2) is 0 Å². The van der Waals surface area contributed by atoms with Gasteiger partial charge in [-0.25, -0.2) is 0 Å². The van der Waals surface area contributed by atoms with Gasteiger partial charge in [0.2, 0.25) is 5.78 Å². The highest BCUT2D eigenvalue weighted by Gasteiger charge is 2.38. The van der Waals surface area contributed by atoms with Crippen molar-refractivity contribution in [3.8, 4) is 5.75 Å². The van der Waals surface area contributed by atoms with Crippen LogP contribution in [0, 0.1) is 0 Å². The lowest BCUT2D eigenvalue weighted by atomic mass is 9.92. The maximum Gasteiger partial charge on any atom is 0.449 e. The molecular formula is C24H26F3NO2. The second-order valence-electron chi connectivity index (χ2n) is 7.50. The Balaban J connectivity index is 1.61. The number of Topliss-reactive ketones (excluding diaryl/α,β-unsaturated/α-hetero) is 1. The van der Waals surface area contributed by atoms with Gasteiger partial charge in [0, 0.05) is 25.2 Å². The van der Waals surface area contributed by atoms with Crippen LogP contribution < -0.4 is 9.64 Å². The Morgan fingerprint density at radius 1 is 1.10 bits per heavy atom. The average Bonchev–Trinajstić information content (AvgIpc) is 2.74. The van der Waals surface area contributed by atoms with Crippen molar-refractivity contribution in [2.75, 3.05) is 24.6 Å². The van der Waals surface area contributed by atoms with Gasteiger partial charge in [-0.3, -0.25) is 4.79 Å². The number of ketones is 1. The van der Waals surface area contributed by atoms with E-state index in [1.165, 1.54) is 5.57 Å². The molecule has 2 aromatic carbocycles. The number of benzene rings is 2. The number of hydrogen-bond donors (Lipinski definition) is 0. The van der Waals surface area contributed by atoms with Gasteiger partial charge >= 0.3 is 6.18 Å². The first-order valence-corrected chi connectivity index (χ1v) is 10.1. The molecule has 3 nitrogen and oxygen atoms in total. The summed E-state index contributed by atoms with van der Waals surface area (Å²) >= 11 is 0. The Kier molecular flexibility index (Phi) is 6.85. The van der Waals surface area contributed by atoms with Gasteiger partial charge in [-0.15, -0.1) is 0 Å². The van der Waals surface area contributed by atoms with Gasteiger partial charge in [-0.1, -0.05) is 37.3 Å². The largest absolute Gasteiger partial charge is 0.494 e. The monoisotopic (exact) mass is 417 g/mol. The highest BCUT2D eigenvalue weighted by atomic mass is 19.4. The summed E-state index contributed by atoms with van der Waals surface area (Å²) in [5, 5.41) is 0. The zero-order valence-electron chi connectivity index (χ0n) is 17.2. The Hall–Kier alpha value is -2.76. The SMILES string of the molecule is CCOc1ccc(N2CC=C(c3ccc([C@H](C)CC(=O)C(F)(F)F)cc3)CC2)cc1. The molecule has 0 saturated carbocycles. The highest BCUT2D eigenvalue weighted by molar-refractivity contribution is 5.84. The van der Waals surface area contributed by atoms with Crippen molar-refractivity contribution in [3.05, 3.63) is 65.7 Å². The molecule has 160 valence electrons. The fourth-order valence-corrected chi connectivity index (χ4v) is 3.62. The minimum Gasteiger partial charge on any atom is -0.494 e. The van der Waals surface area contributed by atoms with Crippen molar-refractivity contribution in [2.45, 2.75) is 38.8 Å². The Bertz CT molecular complexity index is 886. The maximum absolute atomic E-state index is 12.5. The third kappa shape index (κ3) is 5.43. The molecule has 1 heterocycles. The zero-order chi connectivity index (χ0) is 21.7. The molecule has 6 heteroatoms. The summed E-state index contributed by atoms with van der Waals surface area (Å²) in [6, 6.07) is 15.6. The van der Waals surface area contributed by atoms with Crippen LogP contribution in [0.5, 0.6) is 5.75 Å². The van der Waals surface area contributed by atoms with Crippen LogP contribution in [-0.4, -0.2) is 31.7 Å². The van der Waals surface area contributed by atoms with E-state index < -0.39 is 24.3 Å². The van der Waals surface area contributed by atoms with E-state index in [4.69, 9.17) is 4.74 Å². The number of anilines is 1. The first-order valence-electron chi connectivity index (χ1n) is 10.1. The number of carbonyl (C=O) groups excluding carboxylic acids is 1. The van der Waals surface area contributed by atoms with Crippen molar-refractivity contribution < 1.29 is 22.7 Å². The molecule has 1 aliphatic rings. The van der Waals surface area contributed by atoms with E-state index in [2.05, 4.69) is 23.1 Å². The molecule has 0 aliphatic carbocycles. The average molecular weight is 417 g/mol. The number of hydrogen-bond acceptors (Lipinski definition) is 3. The first-order chi connectivity index (χ1) is 14.3. The smallest absolute Gasteiger partial charge is 0.449 e. The van der Waals surface area contributed by atoms with E-state index in [0.717, 1.165) is 42.1 Å². The molecule has 30 heavy (non-hydrogen) atoms. The predicted molar refractivity (Wildman–Crippen MR) is 113 cm³/mol. The van der Waals surface area contributed by atoms with Crippen LogP contribution in [0.1, 0.15) is 43.7 Å². The first kappa shape index (κ1) is 21.9. The maximum atomic E-state index is 12.5. The van der Waals surface area contributed by atoms with E-state index in [0.29, 0.717) is 6.61 Å². The number of rotatable bonds is 7. The molecule has 3 rings (SSSR count). The molecule has 1 aliphatic heterocycles. The fourth-order valence-electron chi connectivity index (χ4n) is 3.62. The second-order valence-corrected chi connectivity index (χ2v) is 7.50.